The van der Waals surface area contributed by atoms with E-state index in [2.05, 4.69) is 145 Å². The molecular formula is C47H47N3. The Kier molecular flexibility index (Phi) is 9.56. The van der Waals surface area contributed by atoms with Crippen LogP contribution in [-0.2, 0) is 0 Å². The number of aromatic nitrogens is 1. The Morgan fingerprint density at radius 2 is 1.62 bits per heavy atom. The van der Waals surface area contributed by atoms with E-state index in [0.717, 1.165) is 56.3 Å². The predicted molar refractivity (Wildman–Crippen MR) is 209 cm³/mol. The summed E-state index contributed by atoms with van der Waals surface area (Å²) < 4.78 is 0. The SMILES string of the molecule is CC(C1=C[C@H](C2CC(c3ccc(-c4cccnc4)cc3)N=C(C3=CC=C(C4=CC=CCC4)CC3)N2)CC=C1)c1ccccc1C1C=CC=CC1. The van der Waals surface area contributed by atoms with Crippen LogP contribution in [0.15, 0.2) is 173 Å². The Morgan fingerprint density at radius 1 is 0.760 bits per heavy atom. The van der Waals surface area contributed by atoms with Gasteiger partial charge in [-0.15, -0.1) is 0 Å². The Balaban J connectivity index is 1.09. The van der Waals surface area contributed by atoms with Crippen molar-refractivity contribution < 1.29 is 0 Å². The van der Waals surface area contributed by atoms with E-state index >= 15 is 0 Å². The minimum Gasteiger partial charge on any atom is -0.367 e. The second-order valence-corrected chi connectivity index (χ2v) is 14.4. The van der Waals surface area contributed by atoms with Crippen LogP contribution in [0.4, 0.5) is 0 Å². The quantitative estimate of drug-likeness (QED) is 0.263. The predicted octanol–water partition coefficient (Wildman–Crippen LogP) is 11.4. The fourth-order valence-corrected chi connectivity index (χ4v) is 8.33. The first-order valence-electron chi connectivity index (χ1n) is 18.6. The van der Waals surface area contributed by atoms with Gasteiger partial charge in [-0.2, -0.15) is 0 Å². The maximum absolute atomic E-state index is 5.45. The molecule has 5 atom stereocenters. The third kappa shape index (κ3) is 7.01. The minimum absolute atomic E-state index is 0.101. The molecule has 0 saturated heterocycles. The number of pyridine rings is 1. The van der Waals surface area contributed by atoms with Gasteiger partial charge < -0.3 is 5.32 Å². The summed E-state index contributed by atoms with van der Waals surface area (Å²) in [5.74, 6) is 2.23. The molecule has 5 aliphatic rings. The molecule has 0 saturated carbocycles. The number of nitrogens with one attached hydrogen (secondary N) is 1. The Hall–Kier alpha value is -5.02. The zero-order chi connectivity index (χ0) is 33.7. The molecule has 3 aromatic rings. The summed E-state index contributed by atoms with van der Waals surface area (Å²) in [5.41, 5.74) is 12.2. The van der Waals surface area contributed by atoms with Crippen molar-refractivity contribution in [1.82, 2.24) is 10.3 Å². The van der Waals surface area contributed by atoms with Crippen LogP contribution in [0.1, 0.15) is 86.4 Å². The number of rotatable bonds is 8. The van der Waals surface area contributed by atoms with Crippen molar-refractivity contribution in [2.45, 2.75) is 75.8 Å². The van der Waals surface area contributed by atoms with Gasteiger partial charge in [-0.3, -0.25) is 9.98 Å². The van der Waals surface area contributed by atoms with Crippen LogP contribution >= 0.6 is 0 Å². The molecule has 1 N–H and O–H groups in total. The zero-order valence-corrected chi connectivity index (χ0v) is 29.1. The maximum atomic E-state index is 5.45. The lowest BCUT2D eigenvalue weighted by Crippen LogP contribution is -2.45. The first-order chi connectivity index (χ1) is 24.7. The van der Waals surface area contributed by atoms with Crippen LogP contribution in [0, 0.1) is 5.92 Å². The van der Waals surface area contributed by atoms with Gasteiger partial charge in [-0.1, -0.05) is 134 Å². The summed E-state index contributed by atoms with van der Waals surface area (Å²) in [6.07, 6.45) is 39.1. The molecule has 3 nitrogen and oxygen atoms in total. The highest BCUT2D eigenvalue weighted by atomic mass is 15.1. The Bertz CT molecular complexity index is 1980. The third-order valence-corrected chi connectivity index (χ3v) is 11.2. The standard InChI is InChI=1S/C47H47N3/c1-33(43-19-8-9-20-44(43)37-14-6-3-7-15-37)40-16-10-17-41(30-40)46-31-45(38-25-21-36(22-26-38)42-18-11-29-48-32-42)49-47(50-46)39-27-23-35(24-28-39)34-12-4-2-5-13-34/h2-4,6-12,14,16,18-23,25-27,29-30,32-33,37,41,45-46H,5,13,15,17,24,28,31H2,1H3,(H,49,50)/t33?,37?,41-,45?,46?/m1/s1. The minimum atomic E-state index is 0.101. The number of aliphatic imine (C=N–C) groups is 1. The molecule has 50 heavy (non-hydrogen) atoms. The second-order valence-electron chi connectivity index (χ2n) is 14.4. The molecule has 2 heterocycles. The van der Waals surface area contributed by atoms with Gasteiger partial charge >= 0.3 is 0 Å². The van der Waals surface area contributed by atoms with Crippen molar-refractivity contribution in [3.8, 4) is 11.1 Å². The highest BCUT2D eigenvalue weighted by molar-refractivity contribution is 5.99. The number of nitrogens with zero attached hydrogens (tertiary/aromatic N) is 2. The fourth-order valence-electron chi connectivity index (χ4n) is 8.33. The van der Waals surface area contributed by atoms with Crippen LogP contribution in [0.5, 0.6) is 0 Å². The van der Waals surface area contributed by atoms with E-state index in [-0.39, 0.29) is 12.1 Å². The molecule has 1 aliphatic heterocycles. The lowest BCUT2D eigenvalue weighted by molar-refractivity contribution is 0.385. The topological polar surface area (TPSA) is 37.3 Å². The monoisotopic (exact) mass is 653 g/mol. The van der Waals surface area contributed by atoms with E-state index in [9.17, 15) is 0 Å². The Morgan fingerprint density at radius 3 is 2.40 bits per heavy atom. The normalized spacial score (nSPS) is 25.1. The lowest BCUT2D eigenvalue weighted by Gasteiger charge is -2.36. The summed E-state index contributed by atoms with van der Waals surface area (Å²) in [7, 11) is 0. The summed E-state index contributed by atoms with van der Waals surface area (Å²) in [4.78, 5) is 9.78. The highest BCUT2D eigenvalue weighted by Crippen LogP contribution is 2.40. The lowest BCUT2D eigenvalue weighted by atomic mass is 9.78. The van der Waals surface area contributed by atoms with Gasteiger partial charge in [0.25, 0.3) is 0 Å². The molecule has 3 heteroatoms. The maximum Gasteiger partial charge on any atom is 0.124 e. The summed E-state index contributed by atoms with van der Waals surface area (Å²) in [6, 6.07) is 22.6. The molecule has 2 aromatic carbocycles. The van der Waals surface area contributed by atoms with Gasteiger partial charge in [0.1, 0.15) is 5.84 Å². The molecule has 0 spiro atoms. The number of benzene rings is 2. The van der Waals surface area contributed by atoms with Gasteiger partial charge in [-0.05, 0) is 101 Å². The molecule has 8 rings (SSSR count). The average Bonchev–Trinajstić information content (AvgIpc) is 3.21. The third-order valence-electron chi connectivity index (χ3n) is 11.2. The first kappa shape index (κ1) is 32.2. The van der Waals surface area contributed by atoms with Crippen LogP contribution in [-0.4, -0.2) is 16.9 Å². The number of amidine groups is 1. The van der Waals surface area contributed by atoms with Gasteiger partial charge in [0, 0.05) is 36.2 Å². The first-order valence-corrected chi connectivity index (χ1v) is 18.6. The molecule has 0 fully saturated rings. The summed E-state index contributed by atoms with van der Waals surface area (Å²) in [6.45, 7) is 2.39. The van der Waals surface area contributed by atoms with Crippen LogP contribution in [0.25, 0.3) is 11.1 Å². The van der Waals surface area contributed by atoms with E-state index in [0.29, 0.717) is 17.8 Å². The molecule has 1 aromatic heterocycles. The summed E-state index contributed by atoms with van der Waals surface area (Å²) in [5, 5.41) is 4.01. The van der Waals surface area contributed by atoms with Gasteiger partial charge in [-0.25, -0.2) is 0 Å². The van der Waals surface area contributed by atoms with Gasteiger partial charge in [0.05, 0.1) is 6.04 Å². The second kappa shape index (κ2) is 14.8. The van der Waals surface area contributed by atoms with E-state index in [1.807, 2.05) is 18.5 Å². The van der Waals surface area contributed by atoms with Crippen LogP contribution in [0.2, 0.25) is 0 Å². The smallest absolute Gasteiger partial charge is 0.124 e. The van der Waals surface area contributed by atoms with Crippen molar-refractivity contribution >= 4 is 5.84 Å². The molecular weight excluding hydrogens is 607 g/mol. The number of hydrogen-bond acceptors (Lipinski definition) is 3. The summed E-state index contributed by atoms with van der Waals surface area (Å²) >= 11 is 0. The van der Waals surface area contributed by atoms with Crippen molar-refractivity contribution in [2.24, 2.45) is 10.9 Å². The van der Waals surface area contributed by atoms with Gasteiger partial charge in [0.15, 0.2) is 0 Å². The van der Waals surface area contributed by atoms with Crippen molar-refractivity contribution in [1.29, 1.82) is 0 Å². The van der Waals surface area contributed by atoms with Crippen molar-refractivity contribution in [3.05, 3.63) is 185 Å². The molecule has 4 unspecified atom stereocenters. The van der Waals surface area contributed by atoms with Gasteiger partial charge in [0.2, 0.25) is 0 Å². The number of allylic oxidation sites excluding steroid dienone is 14. The Labute approximate surface area is 298 Å². The van der Waals surface area contributed by atoms with Crippen LogP contribution in [0.3, 0.4) is 0 Å². The van der Waals surface area contributed by atoms with E-state index in [1.54, 1.807) is 0 Å². The molecule has 0 amide bonds. The van der Waals surface area contributed by atoms with E-state index in [4.69, 9.17) is 4.99 Å². The average molecular weight is 654 g/mol. The largest absolute Gasteiger partial charge is 0.367 e. The fraction of sp³-hybridized carbons (Fsp3) is 0.277. The molecule has 0 bridgehead atoms. The molecule has 250 valence electrons. The van der Waals surface area contributed by atoms with E-state index in [1.165, 1.54) is 44.5 Å². The van der Waals surface area contributed by atoms with Crippen LogP contribution < -0.4 is 5.32 Å². The molecule has 4 aliphatic carbocycles. The van der Waals surface area contributed by atoms with Crippen molar-refractivity contribution in [3.63, 3.8) is 0 Å². The molecule has 0 radical (unpaired) electrons. The van der Waals surface area contributed by atoms with Crippen molar-refractivity contribution in [2.75, 3.05) is 0 Å². The highest BCUT2D eigenvalue weighted by Gasteiger charge is 2.32. The number of hydrogen-bond donors (Lipinski definition) is 1. The zero-order valence-electron chi connectivity index (χ0n) is 29.1. The van der Waals surface area contributed by atoms with E-state index < -0.39 is 0 Å².